The lowest BCUT2D eigenvalue weighted by Gasteiger charge is -2.14. The smallest absolute Gasteiger partial charge is 0.158 e. The molecule has 0 aromatic heterocycles. The molecule has 0 aliphatic heterocycles. The highest BCUT2D eigenvalue weighted by Gasteiger charge is 2.17. The quantitative estimate of drug-likeness (QED) is 0.138. The van der Waals surface area contributed by atoms with Gasteiger partial charge in [0.2, 0.25) is 0 Å². The predicted octanol–water partition coefficient (Wildman–Crippen LogP) is 5.34. The molecule has 0 unspecified atom stereocenters. The van der Waals surface area contributed by atoms with Gasteiger partial charge in [-0.05, 0) is 70.3 Å². The number of hydrogen-bond acceptors (Lipinski definition) is 8. The zero-order valence-electron chi connectivity index (χ0n) is 18.7. The molecular formula is C28H22O8. The van der Waals surface area contributed by atoms with Gasteiger partial charge in [0, 0.05) is 17.7 Å². The Bertz CT molecular complexity index is 1500. The molecule has 0 saturated carbocycles. The fourth-order valence-corrected chi connectivity index (χ4v) is 3.74. The molecule has 0 atom stereocenters. The number of hydrogen-bond donors (Lipinski definition) is 8. The Morgan fingerprint density at radius 1 is 0.389 bits per heavy atom. The van der Waals surface area contributed by atoms with Crippen LogP contribution in [0.4, 0.5) is 0 Å². The van der Waals surface area contributed by atoms with Crippen molar-refractivity contribution < 1.29 is 40.9 Å². The first-order chi connectivity index (χ1) is 17.1. The standard InChI is InChI=1S/C28H22O8/c29-19-7-16(8-20(30)12-19)2-4-17-11-25(34)26(35)14-22(17)28-18(10-21(31)13-27(28)36)5-1-15-3-6-23(32)24(33)9-15/h1-14,29-36H/b4-2+,5-1+. The highest BCUT2D eigenvalue weighted by atomic mass is 16.3. The monoisotopic (exact) mass is 486 g/mol. The summed E-state index contributed by atoms with van der Waals surface area (Å²) < 4.78 is 0. The Balaban J connectivity index is 1.86. The van der Waals surface area contributed by atoms with Gasteiger partial charge in [0.1, 0.15) is 23.0 Å². The van der Waals surface area contributed by atoms with Crippen molar-refractivity contribution in [2.24, 2.45) is 0 Å². The summed E-state index contributed by atoms with van der Waals surface area (Å²) in [6.07, 6.45) is 6.26. The van der Waals surface area contributed by atoms with Gasteiger partial charge in [-0.15, -0.1) is 0 Å². The molecule has 0 spiro atoms. The topological polar surface area (TPSA) is 162 Å². The lowest BCUT2D eigenvalue weighted by molar-refractivity contribution is 0.403. The zero-order valence-corrected chi connectivity index (χ0v) is 18.7. The minimum atomic E-state index is -0.442. The molecule has 8 N–H and O–H groups in total. The zero-order chi connectivity index (χ0) is 26.0. The summed E-state index contributed by atoms with van der Waals surface area (Å²) in [6, 6.07) is 13.3. The van der Waals surface area contributed by atoms with E-state index in [-0.39, 0.29) is 40.1 Å². The molecule has 36 heavy (non-hydrogen) atoms. The molecule has 182 valence electrons. The molecule has 8 nitrogen and oxygen atoms in total. The summed E-state index contributed by atoms with van der Waals surface area (Å²) in [5, 5.41) is 79.9. The highest BCUT2D eigenvalue weighted by Crippen LogP contribution is 2.43. The van der Waals surface area contributed by atoms with Gasteiger partial charge >= 0.3 is 0 Å². The summed E-state index contributed by atoms with van der Waals surface area (Å²) >= 11 is 0. The third kappa shape index (κ3) is 5.13. The largest absolute Gasteiger partial charge is 0.508 e. The second-order valence-corrected chi connectivity index (χ2v) is 8.05. The lowest BCUT2D eigenvalue weighted by Crippen LogP contribution is -1.90. The maximum atomic E-state index is 10.7. The van der Waals surface area contributed by atoms with E-state index in [0.717, 1.165) is 6.07 Å². The van der Waals surface area contributed by atoms with Gasteiger partial charge in [-0.3, -0.25) is 0 Å². The molecule has 4 aromatic rings. The van der Waals surface area contributed by atoms with Gasteiger partial charge in [-0.25, -0.2) is 0 Å². The summed E-state index contributed by atoms with van der Waals surface area (Å²) in [5.74, 6) is -2.27. The maximum absolute atomic E-state index is 10.7. The number of benzene rings is 4. The first kappa shape index (κ1) is 23.9. The summed E-state index contributed by atoms with van der Waals surface area (Å²) in [5.41, 5.74) is 2.21. The molecule has 4 aromatic carbocycles. The van der Waals surface area contributed by atoms with Gasteiger partial charge in [-0.1, -0.05) is 30.4 Å². The van der Waals surface area contributed by atoms with Crippen LogP contribution in [0.5, 0.6) is 46.0 Å². The van der Waals surface area contributed by atoms with E-state index in [0.29, 0.717) is 27.8 Å². The maximum Gasteiger partial charge on any atom is 0.158 e. The predicted molar refractivity (Wildman–Crippen MR) is 136 cm³/mol. The Hall–Kier alpha value is -5.24. The number of rotatable bonds is 5. The van der Waals surface area contributed by atoms with Crippen molar-refractivity contribution in [2.45, 2.75) is 0 Å². The summed E-state index contributed by atoms with van der Waals surface area (Å²) in [4.78, 5) is 0. The van der Waals surface area contributed by atoms with E-state index in [1.54, 1.807) is 30.4 Å². The van der Waals surface area contributed by atoms with Gasteiger partial charge in [0.05, 0.1) is 0 Å². The van der Waals surface area contributed by atoms with Crippen LogP contribution in [0.1, 0.15) is 22.3 Å². The third-order valence-electron chi connectivity index (χ3n) is 5.38. The second kappa shape index (κ2) is 9.55. The first-order valence-corrected chi connectivity index (χ1v) is 10.6. The molecule has 0 aliphatic carbocycles. The van der Waals surface area contributed by atoms with Crippen LogP contribution in [0, 0.1) is 0 Å². The van der Waals surface area contributed by atoms with Gasteiger partial charge in [0.15, 0.2) is 23.0 Å². The van der Waals surface area contributed by atoms with Gasteiger partial charge in [-0.2, -0.15) is 0 Å². The van der Waals surface area contributed by atoms with Crippen molar-refractivity contribution in [3.8, 4) is 57.1 Å². The van der Waals surface area contributed by atoms with Crippen LogP contribution in [0.3, 0.4) is 0 Å². The van der Waals surface area contributed by atoms with Crippen molar-refractivity contribution in [3.05, 3.63) is 82.9 Å². The fraction of sp³-hybridized carbons (Fsp3) is 0. The molecule has 0 radical (unpaired) electrons. The highest BCUT2D eigenvalue weighted by molar-refractivity contribution is 5.91. The van der Waals surface area contributed by atoms with Crippen LogP contribution in [-0.2, 0) is 0 Å². The molecule has 8 heteroatoms. The van der Waals surface area contributed by atoms with Crippen molar-refractivity contribution in [2.75, 3.05) is 0 Å². The van der Waals surface area contributed by atoms with E-state index in [1.165, 1.54) is 48.5 Å². The molecular weight excluding hydrogens is 464 g/mol. The van der Waals surface area contributed by atoms with E-state index in [1.807, 2.05) is 0 Å². The van der Waals surface area contributed by atoms with Crippen LogP contribution >= 0.6 is 0 Å². The molecule has 0 heterocycles. The van der Waals surface area contributed by atoms with E-state index in [2.05, 4.69) is 0 Å². The van der Waals surface area contributed by atoms with Crippen LogP contribution in [-0.4, -0.2) is 40.9 Å². The number of phenols is 8. The van der Waals surface area contributed by atoms with Crippen molar-refractivity contribution in [1.29, 1.82) is 0 Å². The molecule has 0 fully saturated rings. The average Bonchev–Trinajstić information content (AvgIpc) is 2.80. The van der Waals surface area contributed by atoms with E-state index in [4.69, 9.17) is 0 Å². The Kier molecular flexibility index (Phi) is 6.34. The Morgan fingerprint density at radius 2 is 0.972 bits per heavy atom. The van der Waals surface area contributed by atoms with Crippen LogP contribution < -0.4 is 0 Å². The molecule has 0 aliphatic rings. The van der Waals surface area contributed by atoms with Gasteiger partial charge in [0.25, 0.3) is 0 Å². The summed E-state index contributed by atoms with van der Waals surface area (Å²) in [7, 11) is 0. The minimum absolute atomic E-state index is 0.146. The van der Waals surface area contributed by atoms with Crippen molar-refractivity contribution in [3.63, 3.8) is 0 Å². The molecule has 4 rings (SSSR count). The van der Waals surface area contributed by atoms with Crippen molar-refractivity contribution >= 4 is 24.3 Å². The minimum Gasteiger partial charge on any atom is -0.508 e. The number of aromatic hydroxyl groups is 8. The fourth-order valence-electron chi connectivity index (χ4n) is 3.74. The van der Waals surface area contributed by atoms with E-state index >= 15 is 0 Å². The SMILES string of the molecule is Oc1cc(O)cc(/C=C/c2cc(O)c(O)cc2-c2c(O)cc(O)cc2/C=C/c2ccc(O)c(O)c2)c1. The molecule has 0 amide bonds. The Labute approximate surface area is 205 Å². The lowest BCUT2D eigenvalue weighted by atomic mass is 9.92. The third-order valence-corrected chi connectivity index (χ3v) is 5.38. The van der Waals surface area contributed by atoms with Crippen molar-refractivity contribution in [1.82, 2.24) is 0 Å². The molecule has 0 saturated heterocycles. The van der Waals surface area contributed by atoms with Crippen LogP contribution in [0.25, 0.3) is 35.4 Å². The number of phenolic OH excluding ortho intramolecular Hbond substituents is 8. The average molecular weight is 486 g/mol. The molecule has 0 bridgehead atoms. The second-order valence-electron chi connectivity index (χ2n) is 8.05. The Morgan fingerprint density at radius 3 is 1.67 bits per heavy atom. The van der Waals surface area contributed by atoms with Crippen LogP contribution in [0.2, 0.25) is 0 Å². The van der Waals surface area contributed by atoms with Crippen LogP contribution in [0.15, 0.2) is 60.7 Å². The van der Waals surface area contributed by atoms with E-state index in [9.17, 15) is 40.9 Å². The normalized spacial score (nSPS) is 11.4. The van der Waals surface area contributed by atoms with Gasteiger partial charge < -0.3 is 40.9 Å². The summed E-state index contributed by atoms with van der Waals surface area (Å²) in [6.45, 7) is 0. The first-order valence-electron chi connectivity index (χ1n) is 10.6. The van der Waals surface area contributed by atoms with E-state index < -0.39 is 11.5 Å².